The predicted octanol–water partition coefficient (Wildman–Crippen LogP) is 3.60. The lowest BCUT2D eigenvalue weighted by atomic mass is 9.91. The first kappa shape index (κ1) is 21.4. The summed E-state index contributed by atoms with van der Waals surface area (Å²) < 4.78 is 11.1. The minimum absolute atomic E-state index is 0.190. The SMILES string of the molecule is CCNC(=S)NCC1c2cc(OC)c(OC)cc2CCN1Cc1cccc(C)c1. The van der Waals surface area contributed by atoms with Gasteiger partial charge in [-0.25, -0.2) is 0 Å². The molecule has 0 saturated heterocycles. The number of hydrogen-bond donors (Lipinski definition) is 2. The van der Waals surface area contributed by atoms with Crippen molar-refractivity contribution in [1.82, 2.24) is 15.5 Å². The number of benzene rings is 2. The number of methoxy groups -OCH3 is 2. The molecule has 3 rings (SSSR count). The molecule has 0 fully saturated rings. The molecule has 1 atom stereocenters. The molecular formula is C23H31N3O2S. The smallest absolute Gasteiger partial charge is 0.166 e. The molecule has 156 valence electrons. The van der Waals surface area contributed by atoms with Gasteiger partial charge in [0.25, 0.3) is 0 Å². The van der Waals surface area contributed by atoms with E-state index in [4.69, 9.17) is 21.7 Å². The molecule has 2 aromatic rings. The molecule has 1 unspecified atom stereocenters. The summed E-state index contributed by atoms with van der Waals surface area (Å²) in [5, 5.41) is 7.26. The van der Waals surface area contributed by atoms with Crippen molar-refractivity contribution in [2.75, 3.05) is 33.9 Å². The molecule has 0 saturated carbocycles. The van der Waals surface area contributed by atoms with Crippen molar-refractivity contribution in [1.29, 1.82) is 0 Å². The highest BCUT2D eigenvalue weighted by molar-refractivity contribution is 7.80. The van der Waals surface area contributed by atoms with Crippen LogP contribution in [-0.2, 0) is 13.0 Å². The van der Waals surface area contributed by atoms with Crippen LogP contribution in [0.1, 0.15) is 35.2 Å². The first-order valence-corrected chi connectivity index (χ1v) is 10.5. The second-order valence-corrected chi connectivity index (χ2v) is 7.78. The molecule has 0 radical (unpaired) electrons. The van der Waals surface area contributed by atoms with Gasteiger partial charge in [0.05, 0.1) is 20.3 Å². The number of aryl methyl sites for hydroxylation is 1. The normalized spacial score (nSPS) is 16.1. The van der Waals surface area contributed by atoms with Crippen molar-refractivity contribution >= 4 is 17.3 Å². The Morgan fingerprint density at radius 2 is 1.90 bits per heavy atom. The third kappa shape index (κ3) is 5.19. The van der Waals surface area contributed by atoms with Crippen molar-refractivity contribution in [2.45, 2.75) is 32.9 Å². The number of fused-ring (bicyclic) bond motifs is 1. The average molecular weight is 414 g/mol. The Labute approximate surface area is 179 Å². The Hall–Kier alpha value is -2.31. The largest absolute Gasteiger partial charge is 0.493 e. The van der Waals surface area contributed by atoms with Crippen LogP contribution in [0.4, 0.5) is 0 Å². The summed E-state index contributed by atoms with van der Waals surface area (Å²) in [6, 6.07) is 13.2. The molecule has 1 heterocycles. The fourth-order valence-electron chi connectivity index (χ4n) is 3.97. The van der Waals surface area contributed by atoms with Crippen LogP contribution in [0, 0.1) is 6.92 Å². The number of nitrogens with zero attached hydrogens (tertiary/aromatic N) is 1. The van der Waals surface area contributed by atoms with Gasteiger partial charge in [0.2, 0.25) is 0 Å². The van der Waals surface area contributed by atoms with Crippen molar-refractivity contribution in [2.24, 2.45) is 0 Å². The van der Waals surface area contributed by atoms with E-state index < -0.39 is 0 Å². The lowest BCUT2D eigenvalue weighted by Crippen LogP contribution is -2.44. The van der Waals surface area contributed by atoms with Crippen molar-refractivity contribution < 1.29 is 9.47 Å². The molecule has 5 nitrogen and oxygen atoms in total. The Morgan fingerprint density at radius 3 is 2.59 bits per heavy atom. The lowest BCUT2D eigenvalue weighted by molar-refractivity contribution is 0.176. The summed E-state index contributed by atoms with van der Waals surface area (Å²) in [5.41, 5.74) is 5.19. The van der Waals surface area contributed by atoms with Gasteiger partial charge < -0.3 is 20.1 Å². The van der Waals surface area contributed by atoms with Gasteiger partial charge in [-0.3, -0.25) is 4.90 Å². The number of hydrogen-bond acceptors (Lipinski definition) is 4. The average Bonchev–Trinajstić information content (AvgIpc) is 2.72. The summed E-state index contributed by atoms with van der Waals surface area (Å²) in [7, 11) is 3.37. The van der Waals surface area contributed by atoms with Gasteiger partial charge in [-0.05, 0) is 61.3 Å². The van der Waals surface area contributed by atoms with E-state index in [-0.39, 0.29) is 6.04 Å². The Morgan fingerprint density at radius 1 is 1.14 bits per heavy atom. The van der Waals surface area contributed by atoms with E-state index in [0.29, 0.717) is 5.11 Å². The molecule has 0 aromatic heterocycles. The standard InChI is InChI=1S/C23H31N3O2S/c1-5-24-23(29)25-14-20-19-13-22(28-4)21(27-3)12-18(19)9-10-26(20)15-17-8-6-7-16(2)11-17/h6-8,11-13,20H,5,9-10,14-15H2,1-4H3,(H2,24,25,29). The molecule has 2 N–H and O–H groups in total. The topological polar surface area (TPSA) is 45.8 Å². The monoisotopic (exact) mass is 413 g/mol. The molecule has 1 aliphatic rings. The lowest BCUT2D eigenvalue weighted by Gasteiger charge is -2.38. The fourth-order valence-corrected chi connectivity index (χ4v) is 4.19. The van der Waals surface area contributed by atoms with E-state index in [1.165, 1.54) is 22.3 Å². The molecular weight excluding hydrogens is 382 g/mol. The van der Waals surface area contributed by atoms with Crippen LogP contribution < -0.4 is 20.1 Å². The molecule has 6 heteroatoms. The van der Waals surface area contributed by atoms with Crippen LogP contribution >= 0.6 is 12.2 Å². The third-order valence-corrected chi connectivity index (χ3v) is 5.66. The van der Waals surface area contributed by atoms with Crippen LogP contribution in [0.25, 0.3) is 0 Å². The summed E-state index contributed by atoms with van der Waals surface area (Å²) in [5.74, 6) is 1.55. The van der Waals surface area contributed by atoms with Gasteiger partial charge >= 0.3 is 0 Å². The molecule has 0 aliphatic carbocycles. The summed E-state index contributed by atoms with van der Waals surface area (Å²) >= 11 is 5.41. The Kier molecular flexibility index (Phi) is 7.34. The van der Waals surface area contributed by atoms with E-state index in [0.717, 1.165) is 44.1 Å². The fraction of sp³-hybridized carbons (Fsp3) is 0.435. The zero-order valence-electron chi connectivity index (χ0n) is 17.7. The maximum atomic E-state index is 5.58. The van der Waals surface area contributed by atoms with Gasteiger partial charge in [-0.2, -0.15) is 0 Å². The highest BCUT2D eigenvalue weighted by Gasteiger charge is 2.29. The van der Waals surface area contributed by atoms with Gasteiger partial charge in [0, 0.05) is 26.2 Å². The van der Waals surface area contributed by atoms with Crippen molar-refractivity contribution in [3.8, 4) is 11.5 Å². The van der Waals surface area contributed by atoms with E-state index in [1.54, 1.807) is 14.2 Å². The minimum Gasteiger partial charge on any atom is -0.493 e. The number of ether oxygens (including phenoxy) is 2. The first-order chi connectivity index (χ1) is 14.0. The van der Waals surface area contributed by atoms with Crippen LogP contribution in [0.3, 0.4) is 0 Å². The van der Waals surface area contributed by atoms with Crippen LogP contribution in [-0.4, -0.2) is 43.9 Å². The van der Waals surface area contributed by atoms with Crippen LogP contribution in [0.5, 0.6) is 11.5 Å². The number of thiocarbonyl (C=S) groups is 1. The molecule has 2 aromatic carbocycles. The van der Waals surface area contributed by atoms with Crippen molar-refractivity contribution in [3.63, 3.8) is 0 Å². The minimum atomic E-state index is 0.190. The van der Waals surface area contributed by atoms with Gasteiger partial charge in [-0.15, -0.1) is 0 Å². The second-order valence-electron chi connectivity index (χ2n) is 7.37. The first-order valence-electron chi connectivity index (χ1n) is 10.1. The molecule has 29 heavy (non-hydrogen) atoms. The highest BCUT2D eigenvalue weighted by atomic mass is 32.1. The highest BCUT2D eigenvalue weighted by Crippen LogP contribution is 2.38. The second kappa shape index (κ2) is 9.94. The Balaban J connectivity index is 1.91. The maximum absolute atomic E-state index is 5.58. The summed E-state index contributed by atoms with van der Waals surface area (Å²) in [4.78, 5) is 2.52. The maximum Gasteiger partial charge on any atom is 0.166 e. The van der Waals surface area contributed by atoms with Gasteiger partial charge in [0.1, 0.15) is 0 Å². The quantitative estimate of drug-likeness (QED) is 0.677. The van der Waals surface area contributed by atoms with Crippen LogP contribution in [0.2, 0.25) is 0 Å². The number of nitrogens with one attached hydrogen (secondary N) is 2. The van der Waals surface area contributed by atoms with Gasteiger partial charge in [-0.1, -0.05) is 29.8 Å². The zero-order chi connectivity index (χ0) is 20.8. The molecule has 0 bridgehead atoms. The number of rotatable bonds is 7. The van der Waals surface area contributed by atoms with Crippen LogP contribution in [0.15, 0.2) is 36.4 Å². The van der Waals surface area contributed by atoms with Gasteiger partial charge in [0.15, 0.2) is 16.6 Å². The Bertz CT molecular complexity index is 856. The molecule has 1 aliphatic heterocycles. The summed E-state index contributed by atoms with van der Waals surface area (Å²) in [6.45, 7) is 7.61. The summed E-state index contributed by atoms with van der Waals surface area (Å²) in [6.07, 6.45) is 0.982. The predicted molar refractivity (Wildman–Crippen MR) is 122 cm³/mol. The molecule has 0 spiro atoms. The third-order valence-electron chi connectivity index (χ3n) is 5.37. The molecule has 0 amide bonds. The van der Waals surface area contributed by atoms with E-state index in [2.05, 4.69) is 58.9 Å². The van der Waals surface area contributed by atoms with Crippen molar-refractivity contribution in [3.05, 3.63) is 58.7 Å². The van der Waals surface area contributed by atoms with E-state index >= 15 is 0 Å². The van der Waals surface area contributed by atoms with E-state index in [9.17, 15) is 0 Å². The van der Waals surface area contributed by atoms with E-state index in [1.807, 2.05) is 6.92 Å². The zero-order valence-corrected chi connectivity index (χ0v) is 18.6.